The minimum absolute atomic E-state index is 0.0755. The second kappa shape index (κ2) is 9.73. The monoisotopic (exact) mass is 366 g/mol. The van der Waals surface area contributed by atoms with E-state index in [1.165, 1.54) is 12.1 Å². The molecule has 6 nitrogen and oxygen atoms in total. The molecule has 1 aromatic carbocycles. The Morgan fingerprint density at radius 1 is 1.27 bits per heavy atom. The molecule has 2 N–H and O–H groups in total. The quantitative estimate of drug-likeness (QED) is 0.570. The van der Waals surface area contributed by atoms with Crippen LogP contribution in [-0.2, 0) is 4.74 Å². The summed E-state index contributed by atoms with van der Waals surface area (Å²) in [4.78, 5) is 6.57. The first kappa shape index (κ1) is 20.5. The van der Waals surface area contributed by atoms with Gasteiger partial charge in [0, 0.05) is 32.3 Å². The molecule has 0 saturated carbocycles. The lowest BCUT2D eigenvalue weighted by Gasteiger charge is -2.43. The Morgan fingerprint density at radius 2 is 1.92 bits per heavy atom. The highest BCUT2D eigenvalue weighted by molar-refractivity contribution is 5.79. The van der Waals surface area contributed by atoms with Gasteiger partial charge in [0.2, 0.25) is 0 Å². The number of halogens is 1. The number of ether oxygens (including phenoxy) is 2. The SMILES string of the molecule is CN=C(NCC(C)Oc1ccc(F)cc1)NCC1(N(C)C)CCOCC1. The molecule has 7 heteroatoms. The molecule has 0 radical (unpaired) electrons. The lowest BCUT2D eigenvalue weighted by molar-refractivity contribution is -0.00502. The van der Waals surface area contributed by atoms with E-state index < -0.39 is 0 Å². The van der Waals surface area contributed by atoms with E-state index in [4.69, 9.17) is 9.47 Å². The summed E-state index contributed by atoms with van der Waals surface area (Å²) >= 11 is 0. The summed E-state index contributed by atoms with van der Waals surface area (Å²) in [6.07, 6.45) is 1.91. The van der Waals surface area contributed by atoms with Crippen LogP contribution in [0.15, 0.2) is 29.3 Å². The molecule has 2 rings (SSSR count). The van der Waals surface area contributed by atoms with Crippen molar-refractivity contribution >= 4 is 5.96 Å². The molecule has 1 fully saturated rings. The highest BCUT2D eigenvalue weighted by Gasteiger charge is 2.34. The van der Waals surface area contributed by atoms with Crippen LogP contribution in [0.1, 0.15) is 19.8 Å². The lowest BCUT2D eigenvalue weighted by Crippen LogP contribution is -2.57. The van der Waals surface area contributed by atoms with Gasteiger partial charge in [-0.2, -0.15) is 0 Å². The van der Waals surface area contributed by atoms with Crippen LogP contribution in [0.25, 0.3) is 0 Å². The summed E-state index contributed by atoms with van der Waals surface area (Å²) in [5, 5.41) is 6.71. The Bertz CT molecular complexity index is 571. The van der Waals surface area contributed by atoms with Crippen molar-refractivity contribution < 1.29 is 13.9 Å². The predicted molar refractivity (Wildman–Crippen MR) is 102 cm³/mol. The van der Waals surface area contributed by atoms with Gasteiger partial charge in [-0.3, -0.25) is 4.99 Å². The number of nitrogens with zero attached hydrogens (tertiary/aromatic N) is 2. The third-order valence-electron chi connectivity index (χ3n) is 4.89. The first-order chi connectivity index (χ1) is 12.4. The van der Waals surface area contributed by atoms with E-state index >= 15 is 0 Å². The number of nitrogens with one attached hydrogen (secondary N) is 2. The van der Waals surface area contributed by atoms with E-state index in [-0.39, 0.29) is 17.5 Å². The van der Waals surface area contributed by atoms with E-state index in [2.05, 4.69) is 34.6 Å². The van der Waals surface area contributed by atoms with E-state index in [0.717, 1.165) is 38.6 Å². The number of aliphatic imine (C=N–C) groups is 1. The maximum Gasteiger partial charge on any atom is 0.191 e. The van der Waals surface area contributed by atoms with Crippen molar-refractivity contribution in [1.82, 2.24) is 15.5 Å². The van der Waals surface area contributed by atoms with Crippen molar-refractivity contribution in [1.29, 1.82) is 0 Å². The number of benzene rings is 1. The standard InChI is InChI=1S/C19H31FN4O2/c1-15(26-17-7-5-16(20)6-8-17)13-22-18(21-2)23-14-19(24(3)4)9-11-25-12-10-19/h5-8,15H,9-14H2,1-4H3,(H2,21,22,23). The molecule has 0 amide bonds. The van der Waals surface area contributed by atoms with E-state index in [9.17, 15) is 4.39 Å². The molecule has 1 aliphatic heterocycles. The van der Waals surface area contributed by atoms with Crippen molar-refractivity contribution in [3.05, 3.63) is 30.1 Å². The smallest absolute Gasteiger partial charge is 0.191 e. The summed E-state index contributed by atoms with van der Waals surface area (Å²) in [5.41, 5.74) is 0.0755. The molecule has 1 unspecified atom stereocenters. The van der Waals surface area contributed by atoms with Crippen molar-refractivity contribution in [3.63, 3.8) is 0 Å². The molecule has 1 atom stereocenters. The number of hydrogen-bond acceptors (Lipinski definition) is 4. The number of guanidine groups is 1. The van der Waals surface area contributed by atoms with Gasteiger partial charge in [0.15, 0.2) is 5.96 Å². The maximum absolute atomic E-state index is 12.9. The van der Waals surface area contributed by atoms with E-state index in [1.807, 2.05) is 6.92 Å². The van der Waals surface area contributed by atoms with Gasteiger partial charge in [0.25, 0.3) is 0 Å². The van der Waals surface area contributed by atoms with Gasteiger partial charge in [-0.1, -0.05) is 0 Å². The maximum atomic E-state index is 12.9. The topological polar surface area (TPSA) is 58.1 Å². The first-order valence-corrected chi connectivity index (χ1v) is 9.07. The molecular formula is C19H31FN4O2. The predicted octanol–water partition coefficient (Wildman–Crippen LogP) is 1.87. The summed E-state index contributed by atoms with van der Waals surface area (Å²) in [7, 11) is 5.98. The Morgan fingerprint density at radius 3 is 2.50 bits per heavy atom. The van der Waals surface area contributed by atoms with Crippen molar-refractivity contribution in [2.24, 2.45) is 4.99 Å². The molecule has 1 aromatic rings. The molecule has 0 aliphatic carbocycles. The normalized spacial score (nSPS) is 18.5. The van der Waals surface area contributed by atoms with Crippen LogP contribution in [0.4, 0.5) is 4.39 Å². The van der Waals surface area contributed by atoms with Gasteiger partial charge in [0.1, 0.15) is 17.7 Å². The van der Waals surface area contributed by atoms with Gasteiger partial charge in [-0.05, 0) is 58.1 Å². The van der Waals surface area contributed by atoms with Crippen LogP contribution in [0, 0.1) is 5.82 Å². The van der Waals surface area contributed by atoms with Crippen LogP contribution < -0.4 is 15.4 Å². The molecule has 0 aromatic heterocycles. The Balaban J connectivity index is 1.80. The molecule has 1 saturated heterocycles. The number of hydrogen-bond donors (Lipinski definition) is 2. The fraction of sp³-hybridized carbons (Fsp3) is 0.632. The molecule has 0 bridgehead atoms. The van der Waals surface area contributed by atoms with Gasteiger partial charge in [-0.25, -0.2) is 4.39 Å². The third-order valence-corrected chi connectivity index (χ3v) is 4.89. The fourth-order valence-corrected chi connectivity index (χ4v) is 3.03. The van der Waals surface area contributed by atoms with Crippen LogP contribution in [0.5, 0.6) is 5.75 Å². The molecular weight excluding hydrogens is 335 g/mol. The summed E-state index contributed by atoms with van der Waals surface area (Å²) in [6.45, 7) is 4.93. The molecule has 146 valence electrons. The molecule has 1 aliphatic rings. The molecule has 0 spiro atoms. The van der Waals surface area contributed by atoms with Crippen molar-refractivity contribution in [2.75, 3.05) is 47.4 Å². The van der Waals surface area contributed by atoms with E-state index in [1.54, 1.807) is 19.2 Å². The fourth-order valence-electron chi connectivity index (χ4n) is 3.03. The minimum atomic E-state index is -0.268. The van der Waals surface area contributed by atoms with Gasteiger partial charge in [0.05, 0.1) is 6.54 Å². The molecule has 26 heavy (non-hydrogen) atoms. The highest BCUT2D eigenvalue weighted by atomic mass is 19.1. The highest BCUT2D eigenvalue weighted by Crippen LogP contribution is 2.25. The summed E-state index contributed by atoms with van der Waals surface area (Å²) in [6, 6.07) is 6.05. The van der Waals surface area contributed by atoms with Gasteiger partial charge < -0.3 is 25.0 Å². The summed E-state index contributed by atoms with van der Waals surface area (Å²) < 4.78 is 24.2. The minimum Gasteiger partial charge on any atom is -0.489 e. The van der Waals surface area contributed by atoms with Crippen molar-refractivity contribution in [2.45, 2.75) is 31.4 Å². The van der Waals surface area contributed by atoms with E-state index in [0.29, 0.717) is 12.3 Å². The van der Waals surface area contributed by atoms with Crippen LogP contribution in [0.2, 0.25) is 0 Å². The van der Waals surface area contributed by atoms with Crippen molar-refractivity contribution in [3.8, 4) is 5.75 Å². The van der Waals surface area contributed by atoms with Crippen LogP contribution >= 0.6 is 0 Å². The van der Waals surface area contributed by atoms with Crippen LogP contribution in [0.3, 0.4) is 0 Å². The third kappa shape index (κ3) is 5.85. The van der Waals surface area contributed by atoms with Gasteiger partial charge in [-0.15, -0.1) is 0 Å². The number of rotatable bonds is 7. The van der Waals surface area contributed by atoms with Gasteiger partial charge >= 0.3 is 0 Å². The zero-order valence-electron chi connectivity index (χ0n) is 16.2. The zero-order valence-corrected chi connectivity index (χ0v) is 16.2. The van der Waals surface area contributed by atoms with Crippen LogP contribution in [-0.4, -0.2) is 69.9 Å². The Labute approximate surface area is 155 Å². The Kier molecular flexibility index (Phi) is 7.66. The average Bonchev–Trinajstić information content (AvgIpc) is 2.64. The average molecular weight is 366 g/mol. The second-order valence-corrected chi connectivity index (χ2v) is 6.92. The molecule has 1 heterocycles. The number of likely N-dealkylation sites (N-methyl/N-ethyl adjacent to an activating group) is 1. The largest absolute Gasteiger partial charge is 0.489 e. The second-order valence-electron chi connectivity index (χ2n) is 6.92. The lowest BCUT2D eigenvalue weighted by atomic mass is 9.88. The Hall–Kier alpha value is -1.86. The zero-order chi connectivity index (χ0) is 19.0. The summed E-state index contributed by atoms with van der Waals surface area (Å²) in [5.74, 6) is 1.13. The first-order valence-electron chi connectivity index (χ1n) is 9.07.